The van der Waals surface area contributed by atoms with E-state index in [0.717, 1.165) is 56.9 Å². The Balaban J connectivity index is 1.63. The number of allylic oxidation sites excluding steroid dienone is 2. The van der Waals surface area contributed by atoms with Crippen LogP contribution in [0.5, 0.6) is 5.75 Å². The van der Waals surface area contributed by atoms with E-state index in [1.54, 1.807) is 12.1 Å². The number of nitrogens with zero attached hydrogens (tertiary/aromatic N) is 1. The summed E-state index contributed by atoms with van der Waals surface area (Å²) in [6.07, 6.45) is 4.78. The predicted octanol–water partition coefficient (Wildman–Crippen LogP) is 6.48. The first-order chi connectivity index (χ1) is 12.4. The number of benzene rings is 1. The lowest BCUT2D eigenvalue weighted by atomic mass is 9.79. The number of halogens is 4. The zero-order valence-electron chi connectivity index (χ0n) is 14.6. The van der Waals surface area contributed by atoms with Gasteiger partial charge in [0.25, 0.3) is 0 Å². The molecule has 1 saturated carbocycles. The topological polar surface area (TPSA) is 33.0 Å². The Morgan fingerprint density at radius 1 is 1.12 bits per heavy atom. The molecule has 6 heteroatoms. The summed E-state index contributed by atoms with van der Waals surface area (Å²) < 4.78 is 53.2. The number of hydrogen-bond acceptors (Lipinski definition) is 2. The van der Waals surface area contributed by atoms with Crippen LogP contribution in [0.1, 0.15) is 50.5 Å². The van der Waals surface area contributed by atoms with Gasteiger partial charge in [0.2, 0.25) is 0 Å². The molecule has 0 spiro atoms. The Morgan fingerprint density at radius 2 is 1.77 bits per heavy atom. The van der Waals surface area contributed by atoms with Gasteiger partial charge in [-0.05, 0) is 74.1 Å². The maximum absolute atomic E-state index is 13.0. The van der Waals surface area contributed by atoms with Gasteiger partial charge >= 0.3 is 6.36 Å². The average molecular weight is 369 g/mol. The summed E-state index contributed by atoms with van der Waals surface area (Å²) >= 11 is 0. The zero-order valence-corrected chi connectivity index (χ0v) is 14.6. The van der Waals surface area contributed by atoms with Crippen molar-refractivity contribution < 1.29 is 22.3 Å². The summed E-state index contributed by atoms with van der Waals surface area (Å²) in [5.41, 5.74) is 1.00. The van der Waals surface area contributed by atoms with Crippen LogP contribution in [-0.4, -0.2) is 6.36 Å². The standard InChI is InChI=1S/C20H23F4NO/c21-18(14-25)13-17-7-5-15(6-8-17)3-1-2-4-16-9-11-19(12-10-16)26-20(22,23)24/h9-13,15,17H,1-8H2/b18-13-/t15-,17-. The van der Waals surface area contributed by atoms with E-state index in [1.807, 2.05) is 0 Å². The minimum atomic E-state index is -4.66. The minimum absolute atomic E-state index is 0.184. The molecule has 0 unspecified atom stereocenters. The first kappa shape index (κ1) is 20.3. The number of hydrogen-bond donors (Lipinski definition) is 0. The van der Waals surface area contributed by atoms with Gasteiger partial charge in [-0.15, -0.1) is 13.2 Å². The second-order valence-electron chi connectivity index (χ2n) is 6.84. The number of rotatable bonds is 7. The number of nitriles is 1. The maximum Gasteiger partial charge on any atom is 0.573 e. The molecule has 0 heterocycles. The van der Waals surface area contributed by atoms with Crippen molar-refractivity contribution in [1.82, 2.24) is 0 Å². The molecule has 0 N–H and O–H groups in total. The molecule has 1 fully saturated rings. The normalized spacial score (nSPS) is 21.3. The Kier molecular flexibility index (Phi) is 7.50. The SMILES string of the molecule is N#C/C(F)=C/[C@H]1CC[C@H](CCCCc2ccc(OC(F)(F)F)cc2)CC1. The first-order valence-corrected chi connectivity index (χ1v) is 8.98. The summed E-state index contributed by atoms with van der Waals surface area (Å²) in [6.45, 7) is 0. The van der Waals surface area contributed by atoms with Crippen molar-refractivity contribution in [3.63, 3.8) is 0 Å². The van der Waals surface area contributed by atoms with Crippen molar-refractivity contribution in [2.45, 2.75) is 57.7 Å². The molecule has 0 saturated heterocycles. The molecular weight excluding hydrogens is 346 g/mol. The molecule has 0 bridgehead atoms. The molecule has 0 amide bonds. The smallest absolute Gasteiger partial charge is 0.406 e. The van der Waals surface area contributed by atoms with Crippen LogP contribution in [0.4, 0.5) is 17.6 Å². The van der Waals surface area contributed by atoms with Crippen LogP contribution in [0.2, 0.25) is 0 Å². The van der Waals surface area contributed by atoms with Crippen molar-refractivity contribution in [2.24, 2.45) is 11.8 Å². The number of ether oxygens (including phenoxy) is 1. The fourth-order valence-electron chi connectivity index (χ4n) is 3.51. The van der Waals surface area contributed by atoms with Crippen LogP contribution in [0.3, 0.4) is 0 Å². The summed E-state index contributed by atoms with van der Waals surface area (Å²) in [5, 5.41) is 8.47. The van der Waals surface area contributed by atoms with E-state index in [9.17, 15) is 17.6 Å². The zero-order chi connectivity index (χ0) is 19.0. The highest BCUT2D eigenvalue weighted by atomic mass is 19.4. The van der Waals surface area contributed by atoms with Crippen LogP contribution in [-0.2, 0) is 6.42 Å². The highest BCUT2D eigenvalue weighted by Gasteiger charge is 2.30. The van der Waals surface area contributed by atoms with E-state index < -0.39 is 12.2 Å². The fourth-order valence-corrected chi connectivity index (χ4v) is 3.51. The van der Waals surface area contributed by atoms with Gasteiger partial charge in [0.1, 0.15) is 11.8 Å². The van der Waals surface area contributed by atoms with E-state index >= 15 is 0 Å². The van der Waals surface area contributed by atoms with Crippen LogP contribution in [0.15, 0.2) is 36.2 Å². The Morgan fingerprint density at radius 3 is 2.35 bits per heavy atom. The van der Waals surface area contributed by atoms with Gasteiger partial charge in [0, 0.05) is 0 Å². The lowest BCUT2D eigenvalue weighted by Crippen LogP contribution is -2.17. The average Bonchev–Trinajstić information content (AvgIpc) is 2.60. The lowest BCUT2D eigenvalue weighted by molar-refractivity contribution is -0.274. The van der Waals surface area contributed by atoms with Gasteiger partial charge < -0.3 is 4.74 Å². The lowest BCUT2D eigenvalue weighted by Gasteiger charge is -2.26. The molecule has 0 atom stereocenters. The van der Waals surface area contributed by atoms with Gasteiger partial charge in [-0.25, -0.2) is 0 Å². The van der Waals surface area contributed by atoms with E-state index in [0.29, 0.717) is 5.92 Å². The number of aryl methyl sites for hydroxylation is 1. The van der Waals surface area contributed by atoms with E-state index in [4.69, 9.17) is 5.26 Å². The van der Waals surface area contributed by atoms with Crippen LogP contribution in [0.25, 0.3) is 0 Å². The molecule has 2 rings (SSSR count). The van der Waals surface area contributed by atoms with E-state index in [1.165, 1.54) is 24.3 Å². The monoisotopic (exact) mass is 369 g/mol. The Hall–Kier alpha value is -2.03. The summed E-state index contributed by atoms with van der Waals surface area (Å²) in [5.74, 6) is -0.0457. The molecule has 1 aromatic carbocycles. The molecule has 0 radical (unpaired) electrons. The minimum Gasteiger partial charge on any atom is -0.406 e. The van der Waals surface area contributed by atoms with Crippen molar-refractivity contribution >= 4 is 0 Å². The second kappa shape index (κ2) is 9.61. The molecule has 0 aliphatic heterocycles. The molecule has 1 aliphatic rings. The third-order valence-electron chi connectivity index (χ3n) is 4.87. The molecule has 1 aliphatic carbocycles. The van der Waals surface area contributed by atoms with Gasteiger partial charge in [0.15, 0.2) is 5.83 Å². The highest BCUT2D eigenvalue weighted by Crippen LogP contribution is 2.33. The highest BCUT2D eigenvalue weighted by molar-refractivity contribution is 5.27. The maximum atomic E-state index is 13.0. The molecule has 1 aromatic rings. The molecule has 26 heavy (non-hydrogen) atoms. The Bertz CT molecular complexity index is 623. The third-order valence-corrected chi connectivity index (χ3v) is 4.87. The van der Waals surface area contributed by atoms with Gasteiger partial charge in [-0.2, -0.15) is 9.65 Å². The van der Waals surface area contributed by atoms with Crippen LogP contribution < -0.4 is 4.74 Å². The van der Waals surface area contributed by atoms with E-state index in [2.05, 4.69) is 4.74 Å². The van der Waals surface area contributed by atoms with Crippen molar-refractivity contribution in [1.29, 1.82) is 5.26 Å². The first-order valence-electron chi connectivity index (χ1n) is 8.98. The van der Waals surface area contributed by atoms with Gasteiger partial charge in [-0.1, -0.05) is 25.0 Å². The van der Waals surface area contributed by atoms with E-state index in [-0.39, 0.29) is 11.7 Å². The van der Waals surface area contributed by atoms with Crippen molar-refractivity contribution in [2.75, 3.05) is 0 Å². The fraction of sp³-hybridized carbons (Fsp3) is 0.550. The van der Waals surface area contributed by atoms with Gasteiger partial charge in [0.05, 0.1) is 0 Å². The van der Waals surface area contributed by atoms with Crippen LogP contribution in [0, 0.1) is 23.2 Å². The third kappa shape index (κ3) is 7.47. The van der Waals surface area contributed by atoms with Crippen molar-refractivity contribution in [3.05, 3.63) is 41.7 Å². The second-order valence-corrected chi connectivity index (χ2v) is 6.84. The molecular formula is C20H23F4NO. The number of unbranched alkanes of at least 4 members (excludes halogenated alkanes) is 1. The predicted molar refractivity (Wildman–Crippen MR) is 90.9 cm³/mol. The molecule has 0 aromatic heterocycles. The molecule has 142 valence electrons. The molecule has 2 nitrogen and oxygen atoms in total. The quantitative estimate of drug-likeness (QED) is 0.313. The summed E-state index contributed by atoms with van der Waals surface area (Å²) in [7, 11) is 0. The largest absolute Gasteiger partial charge is 0.573 e. The van der Waals surface area contributed by atoms with Crippen molar-refractivity contribution in [3.8, 4) is 11.8 Å². The van der Waals surface area contributed by atoms with Crippen LogP contribution >= 0.6 is 0 Å². The summed E-state index contributed by atoms with van der Waals surface area (Å²) in [4.78, 5) is 0. The number of alkyl halides is 3. The summed E-state index contributed by atoms with van der Waals surface area (Å²) in [6, 6.07) is 7.55. The Labute approximate surface area is 151 Å². The van der Waals surface area contributed by atoms with Gasteiger partial charge in [-0.3, -0.25) is 0 Å².